The first-order valence-corrected chi connectivity index (χ1v) is 8.41. The minimum absolute atomic E-state index is 0.205. The minimum atomic E-state index is 0.205. The summed E-state index contributed by atoms with van der Waals surface area (Å²) in [6.45, 7) is 11.4. The Labute approximate surface area is 153 Å². The number of aromatic nitrogens is 3. The van der Waals surface area contributed by atoms with Gasteiger partial charge < -0.3 is 15.5 Å². The molecular formula is C20H20N6. The largest absolute Gasteiger partial charge is 0.352 e. The van der Waals surface area contributed by atoms with Crippen LogP contribution in [0.3, 0.4) is 0 Å². The summed E-state index contributed by atoms with van der Waals surface area (Å²) in [6, 6.07) is 17.7. The first kappa shape index (κ1) is 17.4. The van der Waals surface area contributed by atoms with Crippen molar-refractivity contribution < 1.29 is 0 Å². The number of nitrogens with zero attached hydrogens (tertiary/aromatic N) is 4. The topological polar surface area (TPSA) is 67.1 Å². The molecule has 1 aromatic heterocycles. The van der Waals surface area contributed by atoms with E-state index in [1.165, 1.54) is 0 Å². The second-order valence-electron chi connectivity index (χ2n) is 6.11. The van der Waals surface area contributed by atoms with Crippen LogP contribution in [0.25, 0.3) is 16.2 Å². The Balaban J connectivity index is 1.95. The quantitative estimate of drug-likeness (QED) is 0.644. The maximum atomic E-state index is 7.01. The van der Waals surface area contributed by atoms with E-state index in [0.29, 0.717) is 24.3 Å². The average molecular weight is 344 g/mol. The Morgan fingerprint density at radius 1 is 0.962 bits per heavy atom. The molecule has 130 valence electrons. The van der Waals surface area contributed by atoms with E-state index in [4.69, 9.17) is 6.57 Å². The highest BCUT2D eigenvalue weighted by molar-refractivity contribution is 5.61. The monoisotopic (exact) mass is 344 g/mol. The van der Waals surface area contributed by atoms with Crippen molar-refractivity contribution in [1.29, 1.82) is 0 Å². The lowest BCUT2D eigenvalue weighted by molar-refractivity contribution is 0.869. The molecule has 3 rings (SSSR count). The van der Waals surface area contributed by atoms with Crippen LogP contribution in [0.1, 0.15) is 19.4 Å². The molecule has 0 saturated heterocycles. The summed E-state index contributed by atoms with van der Waals surface area (Å²) in [6.07, 6.45) is 0. The zero-order valence-electron chi connectivity index (χ0n) is 14.8. The second kappa shape index (κ2) is 8.08. The Morgan fingerprint density at radius 2 is 1.73 bits per heavy atom. The number of anilines is 3. The Morgan fingerprint density at radius 3 is 2.46 bits per heavy atom. The molecule has 0 aliphatic heterocycles. The number of hydrogen-bond donors (Lipinski definition) is 2. The van der Waals surface area contributed by atoms with Crippen molar-refractivity contribution in [3.05, 3.63) is 71.6 Å². The van der Waals surface area contributed by atoms with Gasteiger partial charge in [0.25, 0.3) is 0 Å². The van der Waals surface area contributed by atoms with Crippen LogP contribution in [0.15, 0.2) is 54.6 Å². The summed E-state index contributed by atoms with van der Waals surface area (Å²) in [4.78, 5) is 17.0. The zero-order chi connectivity index (χ0) is 18.4. The van der Waals surface area contributed by atoms with Gasteiger partial charge in [-0.05, 0) is 26.0 Å². The SMILES string of the molecule is [C-]#[N+]Cc1cccc(Nc2nc(NC(C)C)nc(-c3ccccc3)n2)c1. The average Bonchev–Trinajstić information content (AvgIpc) is 2.62. The summed E-state index contributed by atoms with van der Waals surface area (Å²) in [5, 5.41) is 6.45. The Hall–Kier alpha value is -3.46. The zero-order valence-corrected chi connectivity index (χ0v) is 14.8. The summed E-state index contributed by atoms with van der Waals surface area (Å²) < 4.78 is 0. The van der Waals surface area contributed by atoms with Gasteiger partial charge in [0, 0.05) is 22.9 Å². The molecule has 0 fully saturated rings. The maximum absolute atomic E-state index is 7.01. The van der Waals surface area contributed by atoms with Crippen LogP contribution in [0.5, 0.6) is 0 Å². The van der Waals surface area contributed by atoms with Gasteiger partial charge in [-0.25, -0.2) is 6.57 Å². The van der Waals surface area contributed by atoms with Gasteiger partial charge >= 0.3 is 0 Å². The Bertz CT molecular complexity index is 915. The van der Waals surface area contributed by atoms with E-state index >= 15 is 0 Å². The molecule has 6 heteroatoms. The van der Waals surface area contributed by atoms with Gasteiger partial charge in [-0.3, -0.25) is 0 Å². The van der Waals surface area contributed by atoms with Crippen LogP contribution < -0.4 is 10.6 Å². The van der Waals surface area contributed by atoms with Crippen molar-refractivity contribution in [3.63, 3.8) is 0 Å². The standard InChI is InChI=1S/C20H20N6/c1-14(2)22-19-24-18(16-9-5-4-6-10-16)25-20(26-19)23-17-11-7-8-15(12-17)13-21-3/h4-12,14H,13H2,1-2H3,(H2,22,23,24,25,26). The highest BCUT2D eigenvalue weighted by Gasteiger charge is 2.10. The molecule has 3 aromatic rings. The lowest BCUT2D eigenvalue weighted by Crippen LogP contribution is -2.14. The number of nitrogens with one attached hydrogen (secondary N) is 2. The first-order valence-electron chi connectivity index (χ1n) is 8.41. The van der Waals surface area contributed by atoms with Crippen LogP contribution >= 0.6 is 0 Å². The molecule has 26 heavy (non-hydrogen) atoms. The Kier molecular flexibility index (Phi) is 5.40. The fourth-order valence-corrected chi connectivity index (χ4v) is 2.44. The summed E-state index contributed by atoms with van der Waals surface area (Å²) >= 11 is 0. The number of rotatable bonds is 6. The molecule has 0 atom stereocenters. The van der Waals surface area contributed by atoms with E-state index in [1.807, 2.05) is 68.4 Å². The molecule has 0 unspecified atom stereocenters. The van der Waals surface area contributed by atoms with E-state index in [1.54, 1.807) is 0 Å². The van der Waals surface area contributed by atoms with Crippen LogP contribution in [-0.4, -0.2) is 21.0 Å². The predicted molar refractivity (Wildman–Crippen MR) is 104 cm³/mol. The van der Waals surface area contributed by atoms with Crippen LogP contribution in [0.4, 0.5) is 17.6 Å². The van der Waals surface area contributed by atoms with Gasteiger partial charge in [0.15, 0.2) is 5.82 Å². The fourth-order valence-electron chi connectivity index (χ4n) is 2.44. The third-order valence-corrected chi connectivity index (χ3v) is 3.53. The molecule has 2 N–H and O–H groups in total. The molecule has 0 bridgehead atoms. The molecule has 6 nitrogen and oxygen atoms in total. The third-order valence-electron chi connectivity index (χ3n) is 3.53. The van der Waals surface area contributed by atoms with E-state index < -0.39 is 0 Å². The van der Waals surface area contributed by atoms with Gasteiger partial charge in [-0.15, -0.1) is 0 Å². The number of hydrogen-bond acceptors (Lipinski definition) is 5. The van der Waals surface area contributed by atoms with E-state index in [0.717, 1.165) is 16.8 Å². The second-order valence-corrected chi connectivity index (χ2v) is 6.11. The highest BCUT2D eigenvalue weighted by atomic mass is 15.2. The molecule has 2 aromatic carbocycles. The van der Waals surface area contributed by atoms with Crippen molar-refractivity contribution in [2.75, 3.05) is 10.6 Å². The molecule has 0 spiro atoms. The fraction of sp³-hybridized carbons (Fsp3) is 0.200. The molecule has 0 aliphatic carbocycles. The minimum Gasteiger partial charge on any atom is -0.352 e. The van der Waals surface area contributed by atoms with Crippen LogP contribution in [0.2, 0.25) is 0 Å². The van der Waals surface area contributed by atoms with Crippen molar-refractivity contribution in [3.8, 4) is 11.4 Å². The van der Waals surface area contributed by atoms with Crippen LogP contribution in [-0.2, 0) is 6.54 Å². The van der Waals surface area contributed by atoms with Gasteiger partial charge in [0.2, 0.25) is 18.4 Å². The smallest absolute Gasteiger partial charge is 0.239 e. The first-order chi connectivity index (χ1) is 12.6. The molecule has 0 aliphatic rings. The molecule has 0 radical (unpaired) electrons. The molecule has 0 amide bonds. The lowest BCUT2D eigenvalue weighted by atomic mass is 10.2. The van der Waals surface area contributed by atoms with Gasteiger partial charge in [0.1, 0.15) is 0 Å². The van der Waals surface area contributed by atoms with Crippen molar-refractivity contribution >= 4 is 17.6 Å². The number of benzene rings is 2. The normalized spacial score (nSPS) is 10.4. The molecule has 1 heterocycles. The maximum Gasteiger partial charge on any atom is 0.239 e. The van der Waals surface area contributed by atoms with Gasteiger partial charge in [-0.1, -0.05) is 42.5 Å². The van der Waals surface area contributed by atoms with Gasteiger partial charge in [0.05, 0.1) is 0 Å². The molecular weight excluding hydrogens is 324 g/mol. The summed E-state index contributed by atoms with van der Waals surface area (Å²) in [5.41, 5.74) is 2.71. The predicted octanol–water partition coefficient (Wildman–Crippen LogP) is 4.52. The van der Waals surface area contributed by atoms with Crippen molar-refractivity contribution in [2.24, 2.45) is 0 Å². The summed E-state index contributed by atoms with van der Waals surface area (Å²) in [7, 11) is 0. The van der Waals surface area contributed by atoms with E-state index in [9.17, 15) is 0 Å². The van der Waals surface area contributed by atoms with E-state index in [2.05, 4.69) is 30.4 Å². The van der Waals surface area contributed by atoms with Gasteiger partial charge in [-0.2, -0.15) is 15.0 Å². The molecule has 0 saturated carbocycles. The van der Waals surface area contributed by atoms with Crippen LogP contribution in [0, 0.1) is 6.57 Å². The lowest BCUT2D eigenvalue weighted by Gasteiger charge is -2.12. The van der Waals surface area contributed by atoms with E-state index in [-0.39, 0.29) is 6.04 Å². The van der Waals surface area contributed by atoms with Crippen molar-refractivity contribution in [2.45, 2.75) is 26.4 Å². The third kappa shape index (κ3) is 4.54. The summed E-state index contributed by atoms with van der Waals surface area (Å²) in [5.74, 6) is 1.58. The highest BCUT2D eigenvalue weighted by Crippen LogP contribution is 2.21. The van der Waals surface area contributed by atoms with Crippen molar-refractivity contribution in [1.82, 2.24) is 15.0 Å².